The minimum absolute atomic E-state index is 0.172. The van der Waals surface area contributed by atoms with Gasteiger partial charge in [0.1, 0.15) is 11.0 Å². The van der Waals surface area contributed by atoms with E-state index in [1.165, 1.54) is 6.07 Å². The van der Waals surface area contributed by atoms with E-state index in [-0.39, 0.29) is 17.4 Å². The van der Waals surface area contributed by atoms with Crippen LogP contribution in [0.1, 0.15) is 18.0 Å². The molecule has 5 N–H and O–H groups in total. The molecule has 1 heterocycles. The second-order valence-corrected chi connectivity index (χ2v) is 3.20. The molecule has 0 aliphatic heterocycles. The second kappa shape index (κ2) is 4.26. The summed E-state index contributed by atoms with van der Waals surface area (Å²) in [7, 11) is 0. The SMILES string of the molecule is Nc1nc(Cl)ccc1[C@H](N)CC(=O)O. The highest BCUT2D eigenvalue weighted by Gasteiger charge is 2.14. The van der Waals surface area contributed by atoms with Gasteiger partial charge < -0.3 is 16.6 Å². The quantitative estimate of drug-likeness (QED) is 0.647. The summed E-state index contributed by atoms with van der Waals surface area (Å²) >= 11 is 5.58. The molecule has 1 aromatic rings. The summed E-state index contributed by atoms with van der Waals surface area (Å²) in [6.07, 6.45) is -0.187. The third kappa shape index (κ3) is 2.58. The van der Waals surface area contributed by atoms with Gasteiger partial charge in [0.05, 0.1) is 6.42 Å². The third-order valence-electron chi connectivity index (χ3n) is 1.72. The molecule has 0 aliphatic rings. The largest absolute Gasteiger partial charge is 0.481 e. The Morgan fingerprint density at radius 3 is 2.79 bits per heavy atom. The number of hydrogen-bond acceptors (Lipinski definition) is 4. The molecule has 0 fully saturated rings. The zero-order valence-corrected chi connectivity index (χ0v) is 8.03. The first-order valence-corrected chi connectivity index (χ1v) is 4.28. The van der Waals surface area contributed by atoms with Crippen molar-refractivity contribution in [3.63, 3.8) is 0 Å². The van der Waals surface area contributed by atoms with Crippen molar-refractivity contribution in [1.29, 1.82) is 0 Å². The molecule has 5 nitrogen and oxygen atoms in total. The fourth-order valence-electron chi connectivity index (χ4n) is 1.07. The number of nitrogen functional groups attached to an aromatic ring is 1. The van der Waals surface area contributed by atoms with Crippen LogP contribution in [0.5, 0.6) is 0 Å². The fraction of sp³-hybridized carbons (Fsp3) is 0.250. The number of aromatic nitrogens is 1. The predicted octanol–water partition coefficient (Wildman–Crippen LogP) is 0.792. The van der Waals surface area contributed by atoms with Gasteiger partial charge in [0, 0.05) is 11.6 Å². The number of carboxylic acids is 1. The Labute approximate surface area is 85.7 Å². The smallest absolute Gasteiger partial charge is 0.305 e. The lowest BCUT2D eigenvalue weighted by Crippen LogP contribution is -2.17. The molecule has 0 unspecified atom stereocenters. The van der Waals surface area contributed by atoms with Gasteiger partial charge >= 0.3 is 5.97 Å². The highest BCUT2D eigenvalue weighted by Crippen LogP contribution is 2.21. The third-order valence-corrected chi connectivity index (χ3v) is 1.93. The minimum Gasteiger partial charge on any atom is -0.481 e. The molecule has 76 valence electrons. The maximum absolute atomic E-state index is 10.4. The summed E-state index contributed by atoms with van der Waals surface area (Å²) < 4.78 is 0. The average Bonchev–Trinajstić information content (AvgIpc) is 2.01. The Bertz CT molecular complexity index is 356. The van der Waals surface area contributed by atoms with E-state index in [0.717, 1.165) is 0 Å². The van der Waals surface area contributed by atoms with Crippen LogP contribution in [-0.2, 0) is 4.79 Å². The first-order valence-electron chi connectivity index (χ1n) is 3.90. The summed E-state index contributed by atoms with van der Waals surface area (Å²) in [6.45, 7) is 0. The van der Waals surface area contributed by atoms with Crippen molar-refractivity contribution in [3.8, 4) is 0 Å². The number of nitrogens with two attached hydrogens (primary N) is 2. The normalized spacial score (nSPS) is 12.4. The summed E-state index contributed by atoms with van der Waals surface area (Å²) in [6, 6.07) is 2.45. The monoisotopic (exact) mass is 215 g/mol. The Hall–Kier alpha value is -1.33. The molecule has 0 radical (unpaired) electrons. The van der Waals surface area contributed by atoms with E-state index >= 15 is 0 Å². The predicted molar refractivity (Wildman–Crippen MR) is 52.8 cm³/mol. The number of halogens is 1. The van der Waals surface area contributed by atoms with E-state index in [9.17, 15) is 4.79 Å². The van der Waals surface area contributed by atoms with E-state index in [4.69, 9.17) is 28.2 Å². The Morgan fingerprint density at radius 2 is 2.29 bits per heavy atom. The molecule has 0 aromatic carbocycles. The van der Waals surface area contributed by atoms with Crippen molar-refractivity contribution in [2.24, 2.45) is 5.73 Å². The van der Waals surface area contributed by atoms with Crippen LogP contribution in [-0.4, -0.2) is 16.1 Å². The van der Waals surface area contributed by atoms with Crippen molar-refractivity contribution in [2.75, 3.05) is 5.73 Å². The Morgan fingerprint density at radius 1 is 1.64 bits per heavy atom. The maximum atomic E-state index is 10.4. The summed E-state index contributed by atoms with van der Waals surface area (Å²) in [4.78, 5) is 14.2. The molecule has 0 aliphatic carbocycles. The Kier molecular flexibility index (Phi) is 3.27. The zero-order valence-electron chi connectivity index (χ0n) is 7.27. The second-order valence-electron chi connectivity index (χ2n) is 2.81. The number of hydrogen-bond donors (Lipinski definition) is 3. The van der Waals surface area contributed by atoms with Crippen LogP contribution in [0.25, 0.3) is 0 Å². The van der Waals surface area contributed by atoms with Gasteiger partial charge in [0.25, 0.3) is 0 Å². The molecular formula is C8H10ClN3O2. The van der Waals surface area contributed by atoms with Gasteiger partial charge in [-0.1, -0.05) is 17.7 Å². The molecule has 0 saturated heterocycles. The van der Waals surface area contributed by atoms with Crippen LogP contribution in [0.4, 0.5) is 5.82 Å². The molecule has 0 spiro atoms. The van der Waals surface area contributed by atoms with Gasteiger partial charge in [-0.05, 0) is 6.07 Å². The molecule has 1 aromatic heterocycles. The van der Waals surface area contributed by atoms with E-state index < -0.39 is 12.0 Å². The van der Waals surface area contributed by atoms with Crippen LogP contribution in [0.15, 0.2) is 12.1 Å². The van der Waals surface area contributed by atoms with Crippen molar-refractivity contribution in [1.82, 2.24) is 4.98 Å². The lowest BCUT2D eigenvalue weighted by atomic mass is 10.1. The highest BCUT2D eigenvalue weighted by atomic mass is 35.5. The van der Waals surface area contributed by atoms with Gasteiger partial charge in [0.2, 0.25) is 0 Å². The van der Waals surface area contributed by atoms with E-state index in [2.05, 4.69) is 4.98 Å². The molecule has 1 rings (SSSR count). The average molecular weight is 216 g/mol. The lowest BCUT2D eigenvalue weighted by molar-refractivity contribution is -0.137. The zero-order chi connectivity index (χ0) is 10.7. The molecule has 0 amide bonds. The number of nitrogens with zero attached hydrogens (tertiary/aromatic N) is 1. The van der Waals surface area contributed by atoms with Crippen molar-refractivity contribution < 1.29 is 9.90 Å². The van der Waals surface area contributed by atoms with Crippen LogP contribution in [0, 0.1) is 0 Å². The van der Waals surface area contributed by atoms with Gasteiger partial charge in [-0.3, -0.25) is 4.79 Å². The maximum Gasteiger partial charge on any atom is 0.305 e. The summed E-state index contributed by atoms with van der Waals surface area (Å²) in [5.41, 5.74) is 11.6. The first-order chi connectivity index (χ1) is 6.50. The van der Waals surface area contributed by atoms with E-state index in [1.54, 1.807) is 6.07 Å². The fourth-order valence-corrected chi connectivity index (χ4v) is 1.23. The number of aliphatic carboxylic acids is 1. The van der Waals surface area contributed by atoms with Crippen LogP contribution < -0.4 is 11.5 Å². The molecule has 0 saturated carbocycles. The van der Waals surface area contributed by atoms with E-state index in [0.29, 0.717) is 5.56 Å². The van der Waals surface area contributed by atoms with Crippen LogP contribution in [0.2, 0.25) is 5.15 Å². The number of anilines is 1. The molecule has 0 bridgehead atoms. The van der Waals surface area contributed by atoms with Crippen LogP contribution >= 0.6 is 11.6 Å². The number of carbonyl (C=O) groups is 1. The molecule has 6 heteroatoms. The van der Waals surface area contributed by atoms with Gasteiger partial charge in [-0.15, -0.1) is 0 Å². The highest BCUT2D eigenvalue weighted by molar-refractivity contribution is 6.29. The topological polar surface area (TPSA) is 102 Å². The van der Waals surface area contributed by atoms with Crippen molar-refractivity contribution in [3.05, 3.63) is 22.8 Å². The van der Waals surface area contributed by atoms with Gasteiger partial charge in [-0.25, -0.2) is 4.98 Å². The van der Waals surface area contributed by atoms with Gasteiger partial charge in [0.15, 0.2) is 0 Å². The minimum atomic E-state index is -0.980. The number of carboxylic acid groups (broad SMARTS) is 1. The first kappa shape index (κ1) is 10.7. The standard InChI is InChI=1S/C8H10ClN3O2/c9-6-2-1-4(8(11)12-6)5(10)3-7(13)14/h1-2,5H,3,10H2,(H2,11,12)(H,13,14)/t5-/m1/s1. The van der Waals surface area contributed by atoms with Gasteiger partial charge in [-0.2, -0.15) is 0 Å². The van der Waals surface area contributed by atoms with E-state index in [1.807, 2.05) is 0 Å². The number of pyridine rings is 1. The number of rotatable bonds is 3. The molecule has 14 heavy (non-hydrogen) atoms. The lowest BCUT2D eigenvalue weighted by Gasteiger charge is -2.11. The Balaban J connectivity index is 2.90. The molecule has 1 atom stereocenters. The van der Waals surface area contributed by atoms with Crippen molar-refractivity contribution >= 4 is 23.4 Å². The summed E-state index contributed by atoms with van der Waals surface area (Å²) in [5.74, 6) is -0.807. The van der Waals surface area contributed by atoms with Crippen molar-refractivity contribution in [2.45, 2.75) is 12.5 Å². The molecular weight excluding hydrogens is 206 g/mol. The summed E-state index contributed by atoms with van der Waals surface area (Å²) in [5, 5.41) is 8.78. The van der Waals surface area contributed by atoms with Crippen LogP contribution in [0.3, 0.4) is 0 Å².